The zero-order chi connectivity index (χ0) is 20.6. The highest BCUT2D eigenvalue weighted by Crippen LogP contribution is 2.39. The van der Waals surface area contributed by atoms with Crippen LogP contribution in [0.4, 0.5) is 4.39 Å². The number of benzene rings is 2. The van der Waals surface area contributed by atoms with Crippen molar-refractivity contribution in [1.82, 2.24) is 4.90 Å². The zero-order valence-electron chi connectivity index (χ0n) is 16.2. The SMILES string of the molecule is CC(=O)Oc1ccc2c(c1)[C@H](O)[C@H](N1CCC(O)(c3ccc(F)cc3)CC1)CO2. The van der Waals surface area contributed by atoms with E-state index in [0.29, 0.717) is 55.2 Å². The number of esters is 1. The van der Waals surface area contributed by atoms with Crippen LogP contribution in [0.3, 0.4) is 0 Å². The van der Waals surface area contributed by atoms with Crippen molar-refractivity contribution < 1.29 is 28.9 Å². The molecule has 0 aliphatic carbocycles. The molecule has 2 aromatic rings. The van der Waals surface area contributed by atoms with E-state index in [2.05, 4.69) is 4.90 Å². The summed E-state index contributed by atoms with van der Waals surface area (Å²) in [5.41, 5.74) is 0.278. The first-order valence-electron chi connectivity index (χ1n) is 9.71. The standard InChI is InChI=1S/C22H24FNO5/c1-14(25)29-17-6-7-20-18(12-17)21(26)19(13-28-20)24-10-8-22(27,9-11-24)15-2-4-16(23)5-3-15/h2-7,12,19,21,26-27H,8-11,13H2,1H3/t19-,21+/m1/s1. The lowest BCUT2D eigenvalue weighted by molar-refractivity contribution is -0.131. The van der Waals surface area contributed by atoms with Crippen molar-refractivity contribution in [3.63, 3.8) is 0 Å². The maximum atomic E-state index is 13.2. The number of rotatable bonds is 3. The highest BCUT2D eigenvalue weighted by atomic mass is 19.1. The van der Waals surface area contributed by atoms with Gasteiger partial charge < -0.3 is 19.7 Å². The van der Waals surface area contributed by atoms with Crippen LogP contribution in [0.25, 0.3) is 0 Å². The fourth-order valence-corrected chi connectivity index (χ4v) is 4.17. The molecule has 7 heteroatoms. The summed E-state index contributed by atoms with van der Waals surface area (Å²) >= 11 is 0. The maximum absolute atomic E-state index is 13.2. The van der Waals surface area contributed by atoms with Crippen LogP contribution >= 0.6 is 0 Å². The van der Waals surface area contributed by atoms with Crippen LogP contribution in [0.2, 0.25) is 0 Å². The summed E-state index contributed by atoms with van der Waals surface area (Å²) in [7, 11) is 0. The average molecular weight is 401 g/mol. The third-order valence-corrected chi connectivity index (χ3v) is 5.81. The van der Waals surface area contributed by atoms with Gasteiger partial charge in [-0.05, 0) is 48.7 Å². The molecule has 0 spiro atoms. The molecule has 2 aliphatic rings. The predicted octanol–water partition coefficient (Wildman–Crippen LogP) is 2.53. The number of ether oxygens (including phenoxy) is 2. The molecule has 0 radical (unpaired) electrons. The normalized spacial score (nSPS) is 23.7. The molecule has 2 heterocycles. The molecule has 6 nitrogen and oxygen atoms in total. The van der Waals surface area contributed by atoms with Crippen LogP contribution in [-0.2, 0) is 10.4 Å². The number of aliphatic hydroxyl groups excluding tert-OH is 1. The number of halogens is 1. The van der Waals surface area contributed by atoms with Crippen molar-refractivity contribution in [3.05, 3.63) is 59.4 Å². The van der Waals surface area contributed by atoms with Gasteiger partial charge in [-0.1, -0.05) is 12.1 Å². The highest BCUT2D eigenvalue weighted by Gasteiger charge is 2.40. The van der Waals surface area contributed by atoms with E-state index in [1.165, 1.54) is 19.1 Å². The van der Waals surface area contributed by atoms with E-state index < -0.39 is 17.7 Å². The number of hydrogen-bond donors (Lipinski definition) is 2. The predicted molar refractivity (Wildman–Crippen MR) is 103 cm³/mol. The summed E-state index contributed by atoms with van der Waals surface area (Å²) in [5, 5.41) is 21.9. The van der Waals surface area contributed by atoms with E-state index in [-0.39, 0.29) is 11.9 Å². The monoisotopic (exact) mass is 401 g/mol. The fraction of sp³-hybridized carbons (Fsp3) is 0.409. The van der Waals surface area contributed by atoms with E-state index in [9.17, 15) is 19.4 Å². The van der Waals surface area contributed by atoms with Gasteiger partial charge in [0.2, 0.25) is 0 Å². The van der Waals surface area contributed by atoms with Gasteiger partial charge in [0.25, 0.3) is 0 Å². The number of carbonyl (C=O) groups is 1. The second-order valence-electron chi connectivity index (χ2n) is 7.69. The van der Waals surface area contributed by atoms with Crippen LogP contribution in [0.15, 0.2) is 42.5 Å². The molecule has 0 aromatic heterocycles. The van der Waals surface area contributed by atoms with Gasteiger partial charge in [0, 0.05) is 25.6 Å². The molecule has 2 atom stereocenters. The summed E-state index contributed by atoms with van der Waals surface area (Å²) in [5.74, 6) is 0.182. The molecule has 0 bridgehead atoms. The molecule has 154 valence electrons. The number of carbonyl (C=O) groups excluding carboxylic acids is 1. The molecule has 29 heavy (non-hydrogen) atoms. The first-order chi connectivity index (χ1) is 13.9. The number of hydrogen-bond acceptors (Lipinski definition) is 6. The van der Waals surface area contributed by atoms with E-state index >= 15 is 0 Å². The lowest BCUT2D eigenvalue weighted by atomic mass is 9.83. The van der Waals surface area contributed by atoms with Gasteiger partial charge in [0.05, 0.1) is 11.6 Å². The van der Waals surface area contributed by atoms with Gasteiger partial charge in [-0.15, -0.1) is 0 Å². The molecule has 0 unspecified atom stereocenters. The van der Waals surface area contributed by atoms with Crippen molar-refractivity contribution in [3.8, 4) is 11.5 Å². The molecule has 2 N–H and O–H groups in total. The lowest BCUT2D eigenvalue weighted by Gasteiger charge is -2.44. The Morgan fingerprint density at radius 1 is 1.21 bits per heavy atom. The number of aliphatic hydroxyl groups is 2. The van der Waals surface area contributed by atoms with Crippen molar-refractivity contribution in [2.75, 3.05) is 19.7 Å². The summed E-state index contributed by atoms with van der Waals surface area (Å²) in [6.45, 7) is 2.79. The minimum atomic E-state index is -1.01. The Kier molecular flexibility index (Phi) is 5.29. The molecule has 2 aromatic carbocycles. The second-order valence-corrected chi connectivity index (χ2v) is 7.69. The van der Waals surface area contributed by atoms with Crippen LogP contribution < -0.4 is 9.47 Å². The number of nitrogens with zero attached hydrogens (tertiary/aromatic N) is 1. The number of piperidine rings is 1. The quantitative estimate of drug-likeness (QED) is 0.608. The topological polar surface area (TPSA) is 79.2 Å². The van der Waals surface area contributed by atoms with Gasteiger partial charge in [0.15, 0.2) is 0 Å². The van der Waals surface area contributed by atoms with Crippen LogP contribution in [-0.4, -0.2) is 46.8 Å². The minimum Gasteiger partial charge on any atom is -0.491 e. The first-order valence-corrected chi connectivity index (χ1v) is 9.71. The molecule has 2 aliphatic heterocycles. The first kappa shape index (κ1) is 19.8. The zero-order valence-corrected chi connectivity index (χ0v) is 16.2. The average Bonchev–Trinajstić information content (AvgIpc) is 2.70. The Bertz CT molecular complexity index is 893. The molecular weight excluding hydrogens is 377 g/mol. The van der Waals surface area contributed by atoms with Crippen molar-refractivity contribution >= 4 is 5.97 Å². The highest BCUT2D eigenvalue weighted by molar-refractivity contribution is 5.69. The van der Waals surface area contributed by atoms with Gasteiger partial charge in [0.1, 0.15) is 30.0 Å². The van der Waals surface area contributed by atoms with E-state index in [1.54, 1.807) is 30.3 Å². The largest absolute Gasteiger partial charge is 0.491 e. The molecule has 1 saturated heterocycles. The molecule has 0 amide bonds. The Morgan fingerprint density at radius 2 is 1.90 bits per heavy atom. The summed E-state index contributed by atoms with van der Waals surface area (Å²) < 4.78 is 24.1. The smallest absolute Gasteiger partial charge is 0.308 e. The molecule has 0 saturated carbocycles. The van der Waals surface area contributed by atoms with Crippen LogP contribution in [0, 0.1) is 5.82 Å². The Balaban J connectivity index is 1.47. The summed E-state index contributed by atoms with van der Waals surface area (Å²) in [6.07, 6.45) is 0.149. The number of likely N-dealkylation sites (tertiary alicyclic amines) is 1. The fourth-order valence-electron chi connectivity index (χ4n) is 4.17. The van der Waals surface area contributed by atoms with Gasteiger partial charge >= 0.3 is 5.97 Å². The van der Waals surface area contributed by atoms with Crippen LogP contribution in [0.1, 0.15) is 37.0 Å². The van der Waals surface area contributed by atoms with Gasteiger partial charge in [-0.25, -0.2) is 4.39 Å². The Morgan fingerprint density at radius 3 is 2.55 bits per heavy atom. The number of fused-ring (bicyclic) bond motifs is 1. The van der Waals surface area contributed by atoms with Crippen molar-refractivity contribution in [1.29, 1.82) is 0 Å². The van der Waals surface area contributed by atoms with Gasteiger partial charge in [-0.2, -0.15) is 0 Å². The lowest BCUT2D eigenvalue weighted by Crippen LogP contribution is -2.52. The summed E-state index contributed by atoms with van der Waals surface area (Å²) in [4.78, 5) is 13.3. The molecule has 4 rings (SSSR count). The van der Waals surface area contributed by atoms with E-state index in [0.717, 1.165) is 0 Å². The molecular formula is C22H24FNO5. The molecule has 1 fully saturated rings. The van der Waals surface area contributed by atoms with Crippen LogP contribution in [0.5, 0.6) is 11.5 Å². The minimum absolute atomic E-state index is 0.271. The van der Waals surface area contributed by atoms with Crippen molar-refractivity contribution in [2.24, 2.45) is 0 Å². The third-order valence-electron chi connectivity index (χ3n) is 5.81. The Hall–Kier alpha value is -2.48. The van der Waals surface area contributed by atoms with E-state index in [4.69, 9.17) is 9.47 Å². The van der Waals surface area contributed by atoms with E-state index in [1.807, 2.05) is 0 Å². The third kappa shape index (κ3) is 3.99. The van der Waals surface area contributed by atoms with Crippen molar-refractivity contribution in [2.45, 2.75) is 37.5 Å². The van der Waals surface area contributed by atoms with Gasteiger partial charge in [-0.3, -0.25) is 9.69 Å². The summed E-state index contributed by atoms with van der Waals surface area (Å²) in [6, 6.07) is 10.6. The maximum Gasteiger partial charge on any atom is 0.308 e. The second kappa shape index (κ2) is 7.74. The Labute approximate surface area is 168 Å².